The summed E-state index contributed by atoms with van der Waals surface area (Å²) in [5.74, 6) is 18.0. The van der Waals surface area contributed by atoms with Crippen LogP contribution in [-0.4, -0.2) is 190 Å². The standard InChI is InChI=1S/C61H67N15O26P2/c1-30(77)37-12-8-32(15-40(37)76(88)89)7-11-36-25-75(61(87)72-57(36)83)52-19-45(102-103(90,91)95-27-46-41(79)17-50(97-46)73-23-34(53-54(64)69-29-70-55(53)73)10-6-33-9-13-38(31(2)78)43(16-33)100-65)48(99-52)28-96-104(92,93)101-44-18-51(98-47(44)26-94-3)74-24-35(56(82)71-60(74)86)5-4-14-66-49(81)22-68-59(85)42(80)21-67-58(84)39(63)20-62/h8-9,12-13,15-16,23-25,29,39,41-42,44-48,50-52,79-80H,14,17-22,26-28,62-63,65H2,1-3H3,(H,66,81)(H,67,84)(H,68,85)(H,90,91)(H,92,93)(H2,64,69,70)(H,71,82,86)(H,72,83,87)/t39?,41-,42?,44-,45-,46+,47+,48+,50+,51+,52+/m0/s1. The highest BCUT2D eigenvalue weighted by atomic mass is 31.2. The number of ether oxygens (including phenoxy) is 4. The number of carbonyl (C=O) groups excluding carboxylic acids is 5. The highest BCUT2D eigenvalue weighted by molar-refractivity contribution is 7.47. The normalized spacial score (nSPS) is 21.5. The van der Waals surface area contributed by atoms with Crippen LogP contribution in [0.5, 0.6) is 5.75 Å². The van der Waals surface area contributed by atoms with E-state index >= 15 is 0 Å². The van der Waals surface area contributed by atoms with Crippen molar-refractivity contribution in [2.45, 2.75) is 101 Å². The largest absolute Gasteiger partial charge is 0.472 e. The number of benzene rings is 2. The molecule has 0 aliphatic carbocycles. The van der Waals surface area contributed by atoms with E-state index in [1.807, 2.05) is 0 Å². The quantitative estimate of drug-likeness (QED) is 0.00790. The van der Waals surface area contributed by atoms with Crippen LogP contribution in [0.3, 0.4) is 0 Å². The molecule has 7 heterocycles. The maximum atomic E-state index is 14.1. The second-order valence-electron chi connectivity index (χ2n) is 23.1. The molecule has 3 aliphatic heterocycles. The number of nitro groups is 1. The molecule has 0 radical (unpaired) electrons. The molecule has 552 valence electrons. The number of nitrogens with one attached hydrogen (secondary N) is 5. The molecule has 2 aromatic carbocycles. The summed E-state index contributed by atoms with van der Waals surface area (Å²) in [4.78, 5) is 164. The number of aliphatic hydroxyl groups excluding tert-OH is 2. The first-order valence-electron chi connectivity index (χ1n) is 30.9. The lowest BCUT2D eigenvalue weighted by molar-refractivity contribution is -0.385. The second-order valence-corrected chi connectivity index (χ2v) is 25.9. The number of hydrogen-bond acceptors (Lipinski definition) is 30. The number of ketones is 2. The van der Waals surface area contributed by atoms with Crippen LogP contribution in [0, 0.1) is 45.6 Å². The number of nitro benzene ring substituents is 1. The van der Waals surface area contributed by atoms with E-state index in [2.05, 4.69) is 71.4 Å². The Morgan fingerprint density at radius 1 is 0.740 bits per heavy atom. The van der Waals surface area contributed by atoms with Gasteiger partial charge >= 0.3 is 27.0 Å². The van der Waals surface area contributed by atoms with Crippen LogP contribution in [0.15, 0.2) is 80.5 Å². The molecule has 3 fully saturated rings. The minimum Gasteiger partial charge on any atom is -0.411 e. The summed E-state index contributed by atoms with van der Waals surface area (Å²) in [5.41, 5.74) is 12.4. The van der Waals surface area contributed by atoms with E-state index in [4.69, 9.17) is 65.0 Å². The molecule has 6 aromatic rings. The summed E-state index contributed by atoms with van der Waals surface area (Å²) in [5, 5.41) is 40.1. The number of rotatable bonds is 27. The highest BCUT2D eigenvalue weighted by Gasteiger charge is 2.47. The summed E-state index contributed by atoms with van der Waals surface area (Å²) in [6.07, 6.45) is -11.2. The van der Waals surface area contributed by atoms with Gasteiger partial charge in [0.2, 0.25) is 11.8 Å². The average Bonchev–Trinajstić information content (AvgIpc) is 1.61. The van der Waals surface area contributed by atoms with Crippen molar-refractivity contribution in [3.8, 4) is 41.3 Å². The van der Waals surface area contributed by atoms with Gasteiger partial charge < -0.3 is 81.5 Å². The van der Waals surface area contributed by atoms with E-state index < -0.39 is 191 Å². The molecule has 13 atom stereocenters. The van der Waals surface area contributed by atoms with Crippen LogP contribution in [0.1, 0.15) is 100 Å². The number of hydrogen-bond donors (Lipinski definition) is 13. The number of nitrogen functional groups attached to an aromatic ring is 1. The third-order valence-corrected chi connectivity index (χ3v) is 17.9. The van der Waals surface area contributed by atoms with Crippen molar-refractivity contribution in [2.75, 3.05) is 58.8 Å². The van der Waals surface area contributed by atoms with Crippen molar-refractivity contribution < 1.29 is 99.9 Å². The number of anilines is 1. The first-order chi connectivity index (χ1) is 49.4. The van der Waals surface area contributed by atoms with Gasteiger partial charge in [-0.3, -0.25) is 80.9 Å². The average molecular weight is 1490 g/mol. The van der Waals surface area contributed by atoms with E-state index in [-0.39, 0.29) is 64.8 Å². The highest BCUT2D eigenvalue weighted by Crippen LogP contribution is 2.52. The van der Waals surface area contributed by atoms with Crippen LogP contribution in [0.4, 0.5) is 11.5 Å². The molecular weight excluding hydrogens is 1420 g/mol. The zero-order chi connectivity index (χ0) is 75.5. The smallest absolute Gasteiger partial charge is 0.411 e. The van der Waals surface area contributed by atoms with E-state index in [0.717, 1.165) is 40.6 Å². The Labute approximate surface area is 585 Å². The fraction of sp³-hybridized carbons (Fsp3) is 0.393. The van der Waals surface area contributed by atoms with Crippen molar-refractivity contribution in [1.29, 1.82) is 0 Å². The van der Waals surface area contributed by atoms with E-state index in [0.29, 0.717) is 16.5 Å². The number of nitrogens with zero attached hydrogens (tertiary/aromatic N) is 6. The number of H-pyrrole nitrogens is 2. The number of aromatic amines is 2. The fourth-order valence-electron chi connectivity index (χ4n) is 10.7. The van der Waals surface area contributed by atoms with Gasteiger partial charge in [-0.05, 0) is 44.2 Å². The number of amides is 3. The second kappa shape index (κ2) is 33.9. The molecule has 4 aromatic heterocycles. The predicted octanol–water partition coefficient (Wildman–Crippen LogP) is -3.30. The first kappa shape index (κ1) is 77.9. The van der Waals surface area contributed by atoms with Crippen LogP contribution in [0.25, 0.3) is 11.0 Å². The Balaban J connectivity index is 0.895. The number of nitrogens with two attached hydrogens (primary N) is 4. The number of aromatic nitrogens is 7. The molecule has 104 heavy (non-hydrogen) atoms. The molecule has 9 rings (SSSR count). The lowest BCUT2D eigenvalue weighted by Gasteiger charge is -2.24. The molecule has 3 aliphatic rings. The Kier molecular flexibility index (Phi) is 25.4. The summed E-state index contributed by atoms with van der Waals surface area (Å²) in [7, 11) is -9.55. The van der Waals surface area contributed by atoms with Gasteiger partial charge in [-0.25, -0.2) is 28.7 Å². The van der Waals surface area contributed by atoms with Gasteiger partial charge in [0.25, 0.3) is 22.7 Å². The van der Waals surface area contributed by atoms with Gasteiger partial charge in [-0.15, -0.1) is 0 Å². The van der Waals surface area contributed by atoms with Gasteiger partial charge in [-0.2, -0.15) is 5.90 Å². The predicted molar refractivity (Wildman–Crippen MR) is 355 cm³/mol. The van der Waals surface area contributed by atoms with Crippen molar-refractivity contribution in [3.63, 3.8) is 0 Å². The fourth-order valence-corrected chi connectivity index (χ4v) is 12.6. The topological polar surface area (TPSA) is 607 Å². The van der Waals surface area contributed by atoms with Gasteiger partial charge in [0.1, 0.15) is 84.2 Å². The number of aliphatic hydroxyl groups is 2. The van der Waals surface area contributed by atoms with Gasteiger partial charge in [0, 0.05) is 68.7 Å². The van der Waals surface area contributed by atoms with Crippen LogP contribution >= 0.6 is 15.6 Å². The molecule has 0 spiro atoms. The van der Waals surface area contributed by atoms with Gasteiger partial charge in [-0.1, -0.05) is 35.5 Å². The van der Waals surface area contributed by atoms with Crippen molar-refractivity contribution in [1.82, 2.24) is 49.6 Å². The summed E-state index contributed by atoms with van der Waals surface area (Å²) >= 11 is 0. The molecule has 41 nitrogen and oxygen atoms in total. The summed E-state index contributed by atoms with van der Waals surface area (Å²) < 4.78 is 76.7. The summed E-state index contributed by atoms with van der Waals surface area (Å²) in [6.45, 7) is -1.54. The van der Waals surface area contributed by atoms with Crippen molar-refractivity contribution >= 4 is 67.5 Å². The molecular formula is C61H67N15O26P2. The number of Topliss-reactive ketones (excluding diaryl/α,β-unsaturated/α-hetero) is 2. The molecule has 0 bridgehead atoms. The number of fused-ring (bicyclic) bond motifs is 1. The molecule has 3 saturated heterocycles. The lowest BCUT2D eigenvalue weighted by atomic mass is 10.1. The molecule has 43 heteroatoms. The number of phosphoric ester groups is 2. The number of carbonyl (C=O) groups is 5. The van der Waals surface area contributed by atoms with E-state index in [1.165, 1.54) is 49.3 Å². The van der Waals surface area contributed by atoms with Gasteiger partial charge in [0.15, 0.2) is 17.3 Å². The SMILES string of the molecule is COC[C@H]1O[C@@H](n2cc(C#CCNC(=O)CNC(=O)C(O)CNC(=O)C(N)CN)c(=O)[nH]c2=O)C[C@@H]1OP(=O)(O)OC[C@H]1O[C@@H](n2cc(C#Cc3ccc(C(C)=O)c([N+](=O)[O-])c3)c(=O)[nH]c2=O)C[C@@H]1OP(=O)(O)OC[C@H]1O[C@@H](n2cc(C#Cc3ccc(C(C)=O)c(ON)c3)c3c(N)ncnc32)C[C@@H]1O. The minimum absolute atomic E-state index is 0.0225. The van der Waals surface area contributed by atoms with Crippen LogP contribution in [0.2, 0.25) is 0 Å². The third-order valence-electron chi connectivity index (χ3n) is 15.9. The molecule has 3 amide bonds. The summed E-state index contributed by atoms with van der Waals surface area (Å²) in [6, 6.07) is 6.85. The van der Waals surface area contributed by atoms with Crippen molar-refractivity contribution in [3.05, 3.63) is 152 Å². The van der Waals surface area contributed by atoms with E-state index in [9.17, 15) is 82.4 Å². The minimum atomic E-state index is -5.40. The molecule has 4 unspecified atom stereocenters. The van der Waals surface area contributed by atoms with Crippen molar-refractivity contribution in [2.24, 2.45) is 17.4 Å². The van der Waals surface area contributed by atoms with E-state index in [1.54, 1.807) is 6.07 Å². The number of phosphoric acid groups is 2. The van der Waals surface area contributed by atoms with Gasteiger partial charge in [0.05, 0.1) is 78.6 Å². The maximum absolute atomic E-state index is 14.1. The van der Waals surface area contributed by atoms with Crippen LogP contribution in [-0.2, 0) is 60.6 Å². The zero-order valence-corrected chi connectivity index (χ0v) is 56.6. The maximum Gasteiger partial charge on any atom is 0.472 e. The lowest BCUT2D eigenvalue weighted by Crippen LogP contribution is -2.50. The Morgan fingerprint density at radius 2 is 1.28 bits per heavy atom. The first-order valence-corrected chi connectivity index (χ1v) is 33.9. The Morgan fingerprint density at radius 3 is 1.86 bits per heavy atom. The monoisotopic (exact) mass is 1490 g/mol. The Hall–Kier alpha value is -10.3. The van der Waals surface area contributed by atoms with Crippen LogP contribution < -0.4 is 66.4 Å². The molecule has 0 saturated carbocycles. The zero-order valence-electron chi connectivity index (χ0n) is 54.9. The third kappa shape index (κ3) is 19.3. The number of methoxy groups -OCH3 is 1. The molecule has 17 N–H and O–H groups in total. The Bertz CT molecular complexity index is 4890.